The molecule has 1 aromatic carbocycles. The summed E-state index contributed by atoms with van der Waals surface area (Å²) in [7, 11) is 1.56. The molecule has 3 aromatic heterocycles. The SMILES string of the molecule is COc1cc(-c2ccc3nc(Cc4cc(CN5CCN(C(=O)CC(F)(F)F)CC5)ccn4)[nH]c3c2)ncn1. The van der Waals surface area contributed by atoms with Crippen molar-refractivity contribution in [3.05, 3.63) is 66.0 Å². The molecule has 5 rings (SSSR count). The van der Waals surface area contributed by atoms with Crippen LogP contribution in [0.1, 0.15) is 23.5 Å². The molecule has 0 aliphatic carbocycles. The number of fused-ring (bicyclic) bond motifs is 1. The topological polar surface area (TPSA) is 100 Å². The lowest BCUT2D eigenvalue weighted by Gasteiger charge is -2.35. The number of methoxy groups -OCH3 is 1. The summed E-state index contributed by atoms with van der Waals surface area (Å²) in [6, 6.07) is 11.6. The molecule has 0 saturated carbocycles. The minimum atomic E-state index is -4.48. The number of aromatic amines is 1. The predicted octanol–water partition coefficient (Wildman–Crippen LogP) is 3.61. The maximum Gasteiger partial charge on any atom is 0.397 e. The lowest BCUT2D eigenvalue weighted by atomic mass is 10.1. The molecule has 4 heterocycles. The molecule has 1 saturated heterocycles. The van der Waals surface area contributed by atoms with Crippen molar-refractivity contribution in [2.75, 3.05) is 33.3 Å². The fourth-order valence-corrected chi connectivity index (χ4v) is 4.51. The molecule has 38 heavy (non-hydrogen) atoms. The summed E-state index contributed by atoms with van der Waals surface area (Å²) in [6.45, 7) is 2.24. The van der Waals surface area contributed by atoms with Crippen LogP contribution in [0.25, 0.3) is 22.3 Å². The minimum Gasteiger partial charge on any atom is -0.481 e. The van der Waals surface area contributed by atoms with Crippen LogP contribution in [0.2, 0.25) is 0 Å². The van der Waals surface area contributed by atoms with Crippen molar-refractivity contribution >= 4 is 16.9 Å². The normalized spacial score (nSPS) is 14.7. The van der Waals surface area contributed by atoms with E-state index in [9.17, 15) is 18.0 Å². The molecule has 1 aliphatic heterocycles. The molecule has 9 nitrogen and oxygen atoms in total. The van der Waals surface area contributed by atoms with Crippen LogP contribution in [0.5, 0.6) is 5.88 Å². The molecule has 0 radical (unpaired) electrons. The van der Waals surface area contributed by atoms with Gasteiger partial charge in [0, 0.05) is 62.7 Å². The third-order valence-electron chi connectivity index (χ3n) is 6.39. The number of carbonyl (C=O) groups excluding carboxylic acids is 1. The van der Waals surface area contributed by atoms with Crippen molar-refractivity contribution in [2.45, 2.75) is 25.6 Å². The second-order valence-corrected chi connectivity index (χ2v) is 9.14. The van der Waals surface area contributed by atoms with Gasteiger partial charge in [-0.1, -0.05) is 6.07 Å². The van der Waals surface area contributed by atoms with E-state index in [0.717, 1.165) is 39.4 Å². The molecular formula is C26H26F3N7O2. The number of ether oxygens (including phenoxy) is 1. The van der Waals surface area contributed by atoms with Crippen molar-refractivity contribution in [2.24, 2.45) is 0 Å². The van der Waals surface area contributed by atoms with Crippen LogP contribution in [0, 0.1) is 0 Å². The number of halogens is 3. The van der Waals surface area contributed by atoms with Gasteiger partial charge in [0.15, 0.2) is 0 Å². The Morgan fingerprint density at radius 2 is 1.87 bits per heavy atom. The van der Waals surface area contributed by atoms with Gasteiger partial charge in [0.05, 0.1) is 23.8 Å². The minimum absolute atomic E-state index is 0.287. The van der Waals surface area contributed by atoms with E-state index in [-0.39, 0.29) is 13.1 Å². The Kier molecular flexibility index (Phi) is 7.23. The number of amides is 1. The van der Waals surface area contributed by atoms with Gasteiger partial charge in [0.25, 0.3) is 0 Å². The van der Waals surface area contributed by atoms with Crippen molar-refractivity contribution in [1.82, 2.24) is 34.7 Å². The monoisotopic (exact) mass is 525 g/mol. The smallest absolute Gasteiger partial charge is 0.397 e. The Labute approximate surface area is 216 Å². The molecule has 0 unspecified atom stereocenters. The summed E-state index contributed by atoms with van der Waals surface area (Å²) in [5, 5.41) is 0. The van der Waals surface area contributed by atoms with Crippen molar-refractivity contribution < 1.29 is 22.7 Å². The van der Waals surface area contributed by atoms with E-state index < -0.39 is 18.5 Å². The average Bonchev–Trinajstić information content (AvgIpc) is 3.30. The Morgan fingerprint density at radius 3 is 2.63 bits per heavy atom. The van der Waals surface area contributed by atoms with E-state index in [1.54, 1.807) is 19.4 Å². The number of hydrogen-bond donors (Lipinski definition) is 1. The summed E-state index contributed by atoms with van der Waals surface area (Å²) in [5.41, 5.74) is 5.26. The van der Waals surface area contributed by atoms with Crippen LogP contribution >= 0.6 is 0 Å². The number of benzene rings is 1. The second-order valence-electron chi connectivity index (χ2n) is 9.14. The zero-order chi connectivity index (χ0) is 26.7. The summed E-state index contributed by atoms with van der Waals surface area (Å²) >= 11 is 0. The van der Waals surface area contributed by atoms with E-state index in [1.807, 2.05) is 30.3 Å². The number of carbonyl (C=O) groups is 1. The first-order valence-corrected chi connectivity index (χ1v) is 12.1. The highest BCUT2D eigenvalue weighted by Gasteiger charge is 2.34. The first-order chi connectivity index (χ1) is 18.3. The number of aromatic nitrogens is 5. The lowest BCUT2D eigenvalue weighted by molar-refractivity contribution is -0.162. The van der Waals surface area contributed by atoms with E-state index in [0.29, 0.717) is 31.9 Å². The predicted molar refractivity (Wildman–Crippen MR) is 133 cm³/mol. The van der Waals surface area contributed by atoms with E-state index in [4.69, 9.17) is 9.72 Å². The van der Waals surface area contributed by atoms with Crippen LogP contribution in [-0.2, 0) is 17.8 Å². The van der Waals surface area contributed by atoms with Gasteiger partial charge < -0.3 is 14.6 Å². The molecule has 12 heteroatoms. The lowest BCUT2D eigenvalue weighted by Crippen LogP contribution is -2.49. The summed E-state index contributed by atoms with van der Waals surface area (Å²) < 4.78 is 42.7. The number of H-pyrrole nitrogens is 1. The second kappa shape index (κ2) is 10.7. The molecule has 4 aromatic rings. The number of nitrogens with zero attached hydrogens (tertiary/aromatic N) is 6. The number of imidazole rings is 1. The summed E-state index contributed by atoms with van der Waals surface area (Å²) in [4.78, 5) is 36.2. The number of alkyl halides is 3. The Balaban J connectivity index is 1.21. The highest BCUT2D eigenvalue weighted by molar-refractivity contribution is 5.81. The van der Waals surface area contributed by atoms with Gasteiger partial charge in [-0.15, -0.1) is 0 Å². The number of hydrogen-bond acceptors (Lipinski definition) is 7. The molecule has 1 N–H and O–H groups in total. The molecular weight excluding hydrogens is 499 g/mol. The number of piperazine rings is 1. The van der Waals surface area contributed by atoms with Crippen LogP contribution in [0.4, 0.5) is 13.2 Å². The summed E-state index contributed by atoms with van der Waals surface area (Å²) in [5.74, 6) is 0.403. The maximum atomic E-state index is 12.5. The molecule has 0 bridgehead atoms. The zero-order valence-electron chi connectivity index (χ0n) is 20.7. The fraction of sp³-hybridized carbons (Fsp3) is 0.346. The molecule has 0 spiro atoms. The largest absolute Gasteiger partial charge is 0.481 e. The van der Waals surface area contributed by atoms with Crippen LogP contribution < -0.4 is 4.74 Å². The van der Waals surface area contributed by atoms with Gasteiger partial charge in [0.2, 0.25) is 11.8 Å². The molecule has 1 fully saturated rings. The quantitative estimate of drug-likeness (QED) is 0.394. The molecule has 0 atom stereocenters. The number of rotatable bonds is 7. The van der Waals surface area contributed by atoms with Crippen molar-refractivity contribution in [1.29, 1.82) is 0 Å². The Hall–Kier alpha value is -4.06. The van der Waals surface area contributed by atoms with Gasteiger partial charge in [-0.05, 0) is 29.8 Å². The van der Waals surface area contributed by atoms with E-state index in [2.05, 4.69) is 24.8 Å². The molecule has 1 aliphatic rings. The maximum absolute atomic E-state index is 12.5. The van der Waals surface area contributed by atoms with Gasteiger partial charge >= 0.3 is 6.18 Å². The van der Waals surface area contributed by atoms with Crippen LogP contribution in [0.15, 0.2) is 48.9 Å². The third-order valence-corrected chi connectivity index (χ3v) is 6.39. The van der Waals surface area contributed by atoms with Crippen molar-refractivity contribution in [3.63, 3.8) is 0 Å². The van der Waals surface area contributed by atoms with E-state index >= 15 is 0 Å². The van der Waals surface area contributed by atoms with Gasteiger partial charge in [0.1, 0.15) is 18.6 Å². The average molecular weight is 526 g/mol. The number of pyridine rings is 1. The fourth-order valence-electron chi connectivity index (χ4n) is 4.51. The highest BCUT2D eigenvalue weighted by atomic mass is 19.4. The molecule has 198 valence electrons. The standard InChI is InChI=1S/C26H26F3N7O2/c1-38-24-13-21(31-16-32-24)18-2-3-20-22(11-18)34-23(33-20)12-19-10-17(4-5-30-19)15-35-6-8-36(9-7-35)25(37)14-26(27,28)29/h2-5,10-11,13,16H,6-9,12,14-15H2,1H3,(H,33,34). The first-order valence-electron chi connectivity index (χ1n) is 12.1. The van der Waals surface area contributed by atoms with Gasteiger partial charge in [-0.25, -0.2) is 15.0 Å². The van der Waals surface area contributed by atoms with Gasteiger partial charge in [-0.3, -0.25) is 14.7 Å². The molecule has 1 amide bonds. The van der Waals surface area contributed by atoms with Crippen molar-refractivity contribution in [3.8, 4) is 17.1 Å². The zero-order valence-corrected chi connectivity index (χ0v) is 20.7. The van der Waals surface area contributed by atoms with E-state index in [1.165, 1.54) is 11.2 Å². The number of nitrogens with one attached hydrogen (secondary N) is 1. The van der Waals surface area contributed by atoms with Crippen LogP contribution in [0.3, 0.4) is 0 Å². The van der Waals surface area contributed by atoms with Gasteiger partial charge in [-0.2, -0.15) is 13.2 Å². The van der Waals surface area contributed by atoms with Crippen LogP contribution in [-0.4, -0.2) is 80.1 Å². The Bertz CT molecular complexity index is 1430. The summed E-state index contributed by atoms with van der Waals surface area (Å²) in [6.07, 6.45) is -2.16. The highest BCUT2D eigenvalue weighted by Crippen LogP contribution is 2.24. The first kappa shape index (κ1) is 25.6. The Morgan fingerprint density at radius 1 is 1.05 bits per heavy atom. The third kappa shape index (κ3) is 6.25.